The number of hydrogen-bond acceptors (Lipinski definition) is 1. The van der Waals surface area contributed by atoms with Gasteiger partial charge in [0.05, 0.1) is 0 Å². The van der Waals surface area contributed by atoms with E-state index in [4.69, 9.17) is 0 Å². The lowest BCUT2D eigenvalue weighted by molar-refractivity contribution is -0.111. The summed E-state index contributed by atoms with van der Waals surface area (Å²) in [6, 6.07) is 0. The molecule has 14 heavy (non-hydrogen) atoms. The Balaban J connectivity index is 2.78. The zero-order valence-electron chi connectivity index (χ0n) is 8.72. The van der Waals surface area contributed by atoms with Crippen molar-refractivity contribution in [2.24, 2.45) is 0 Å². The van der Waals surface area contributed by atoms with E-state index in [1.165, 1.54) is 18.1 Å². The van der Waals surface area contributed by atoms with Crippen LogP contribution in [0.2, 0.25) is 0 Å². The summed E-state index contributed by atoms with van der Waals surface area (Å²) in [5, 5.41) is 0. The summed E-state index contributed by atoms with van der Waals surface area (Å²) in [5.74, 6) is 0.128. The molecule has 0 fully saturated rings. The van der Waals surface area contributed by atoms with Crippen LogP contribution >= 0.6 is 0 Å². The highest BCUT2D eigenvalue weighted by molar-refractivity contribution is 6.04. The molecule has 0 amide bonds. The molecule has 0 bridgehead atoms. The number of carbonyl (C=O) groups excluding carboxylic acids is 1. The van der Waals surface area contributed by atoms with Gasteiger partial charge in [0.2, 0.25) is 0 Å². The minimum atomic E-state index is 0.128. The second kappa shape index (κ2) is 5.58. The normalized spacial score (nSPS) is 16.6. The summed E-state index contributed by atoms with van der Waals surface area (Å²) in [6.45, 7) is 7.25. The van der Waals surface area contributed by atoms with E-state index in [9.17, 15) is 4.79 Å². The van der Waals surface area contributed by atoms with Crippen molar-refractivity contribution in [3.05, 3.63) is 36.5 Å². The van der Waals surface area contributed by atoms with Gasteiger partial charge >= 0.3 is 0 Å². The fourth-order valence-corrected chi connectivity index (χ4v) is 1.94. The van der Waals surface area contributed by atoms with Gasteiger partial charge in [0.25, 0.3) is 0 Å². The standard InChI is InChI=1S/C13H18O/c1-3-5-8-11-9-6-7-10-12(11)13(14)4-2/h3-4H,1-2,5-10H2. The highest BCUT2D eigenvalue weighted by Crippen LogP contribution is 2.28. The summed E-state index contributed by atoms with van der Waals surface area (Å²) in [5.41, 5.74) is 2.36. The van der Waals surface area contributed by atoms with Gasteiger partial charge in [0.1, 0.15) is 0 Å². The first kappa shape index (κ1) is 11.0. The SMILES string of the molecule is C=CCCC1=C(C(=O)C=C)CCCC1. The van der Waals surface area contributed by atoms with Gasteiger partial charge in [-0.2, -0.15) is 0 Å². The van der Waals surface area contributed by atoms with Crippen LogP contribution in [0.25, 0.3) is 0 Å². The van der Waals surface area contributed by atoms with Gasteiger partial charge in [-0.3, -0.25) is 4.79 Å². The zero-order valence-corrected chi connectivity index (χ0v) is 8.72. The van der Waals surface area contributed by atoms with Gasteiger partial charge < -0.3 is 0 Å². The molecule has 0 aromatic heterocycles. The largest absolute Gasteiger partial charge is 0.290 e. The fraction of sp³-hybridized carbons (Fsp3) is 0.462. The average Bonchev–Trinajstić information content (AvgIpc) is 2.25. The van der Waals surface area contributed by atoms with Gasteiger partial charge in [0.15, 0.2) is 5.78 Å². The molecular weight excluding hydrogens is 172 g/mol. The molecule has 0 N–H and O–H groups in total. The molecule has 0 aromatic rings. The molecular formula is C13H18O. The summed E-state index contributed by atoms with van der Waals surface area (Å²) in [7, 11) is 0. The number of ketones is 1. The molecule has 0 saturated carbocycles. The molecule has 0 spiro atoms. The van der Waals surface area contributed by atoms with Gasteiger partial charge in [-0.15, -0.1) is 6.58 Å². The maximum absolute atomic E-state index is 11.5. The van der Waals surface area contributed by atoms with E-state index in [1.54, 1.807) is 0 Å². The Labute approximate surface area is 86.2 Å². The van der Waals surface area contributed by atoms with Gasteiger partial charge in [-0.25, -0.2) is 0 Å². The quantitative estimate of drug-likeness (QED) is 0.478. The first-order valence-corrected chi connectivity index (χ1v) is 5.28. The Kier molecular flexibility index (Phi) is 4.37. The number of hydrogen-bond donors (Lipinski definition) is 0. The maximum atomic E-state index is 11.5. The third-order valence-electron chi connectivity index (χ3n) is 2.72. The van der Waals surface area contributed by atoms with E-state index in [1.807, 2.05) is 6.08 Å². The monoisotopic (exact) mass is 190 g/mol. The number of carbonyl (C=O) groups is 1. The summed E-state index contributed by atoms with van der Waals surface area (Å²) in [6.07, 6.45) is 9.72. The van der Waals surface area contributed by atoms with Gasteiger partial charge in [-0.05, 0) is 50.2 Å². The van der Waals surface area contributed by atoms with Crippen molar-refractivity contribution in [1.29, 1.82) is 0 Å². The topological polar surface area (TPSA) is 17.1 Å². The molecule has 1 heteroatoms. The minimum Gasteiger partial charge on any atom is -0.290 e. The molecule has 1 nitrogen and oxygen atoms in total. The Hall–Kier alpha value is -1.11. The van der Waals surface area contributed by atoms with Crippen molar-refractivity contribution >= 4 is 5.78 Å². The summed E-state index contributed by atoms with van der Waals surface area (Å²) in [4.78, 5) is 11.5. The van der Waals surface area contributed by atoms with Crippen LogP contribution in [0.15, 0.2) is 36.5 Å². The summed E-state index contributed by atoms with van der Waals surface area (Å²) < 4.78 is 0. The first-order valence-electron chi connectivity index (χ1n) is 5.28. The molecule has 0 aromatic carbocycles. The van der Waals surface area contributed by atoms with Gasteiger partial charge in [-0.1, -0.05) is 18.2 Å². The van der Waals surface area contributed by atoms with Crippen LogP contribution in [0, 0.1) is 0 Å². The smallest absolute Gasteiger partial charge is 0.181 e. The molecule has 0 saturated heterocycles. The molecule has 1 rings (SSSR count). The Bertz CT molecular complexity index is 271. The van der Waals surface area contributed by atoms with Crippen molar-refractivity contribution in [2.75, 3.05) is 0 Å². The van der Waals surface area contributed by atoms with Crippen LogP contribution < -0.4 is 0 Å². The lowest BCUT2D eigenvalue weighted by Crippen LogP contribution is -2.07. The third kappa shape index (κ3) is 2.69. The van der Waals surface area contributed by atoms with Crippen molar-refractivity contribution in [2.45, 2.75) is 38.5 Å². The third-order valence-corrected chi connectivity index (χ3v) is 2.72. The highest BCUT2D eigenvalue weighted by atomic mass is 16.1. The first-order chi connectivity index (χ1) is 6.79. The van der Waals surface area contributed by atoms with Crippen molar-refractivity contribution < 1.29 is 4.79 Å². The van der Waals surface area contributed by atoms with E-state index >= 15 is 0 Å². The predicted octanol–water partition coefficient (Wildman–Crippen LogP) is 3.58. The molecule has 1 aliphatic carbocycles. The minimum absolute atomic E-state index is 0.128. The Morgan fingerprint density at radius 3 is 2.64 bits per heavy atom. The predicted molar refractivity (Wildman–Crippen MR) is 60.1 cm³/mol. The van der Waals surface area contributed by atoms with E-state index in [0.717, 1.165) is 37.7 Å². The molecule has 76 valence electrons. The van der Waals surface area contributed by atoms with Crippen LogP contribution in [0.3, 0.4) is 0 Å². The lowest BCUT2D eigenvalue weighted by Gasteiger charge is -2.18. The van der Waals surface area contributed by atoms with Crippen LogP contribution in [-0.4, -0.2) is 5.78 Å². The Morgan fingerprint density at radius 1 is 1.29 bits per heavy atom. The van der Waals surface area contributed by atoms with E-state index < -0.39 is 0 Å². The van der Waals surface area contributed by atoms with E-state index in [0.29, 0.717) is 0 Å². The van der Waals surface area contributed by atoms with E-state index in [-0.39, 0.29) is 5.78 Å². The second-order valence-corrected chi connectivity index (χ2v) is 3.68. The molecule has 1 aliphatic rings. The average molecular weight is 190 g/mol. The van der Waals surface area contributed by atoms with Crippen molar-refractivity contribution in [3.8, 4) is 0 Å². The maximum Gasteiger partial charge on any atom is 0.181 e. The van der Waals surface area contributed by atoms with Gasteiger partial charge in [0, 0.05) is 0 Å². The highest BCUT2D eigenvalue weighted by Gasteiger charge is 2.15. The lowest BCUT2D eigenvalue weighted by atomic mass is 9.87. The van der Waals surface area contributed by atoms with Crippen LogP contribution in [0.5, 0.6) is 0 Å². The van der Waals surface area contributed by atoms with Crippen LogP contribution in [0.1, 0.15) is 38.5 Å². The molecule has 0 atom stereocenters. The number of allylic oxidation sites excluding steroid dienone is 4. The molecule has 0 unspecified atom stereocenters. The van der Waals surface area contributed by atoms with Crippen molar-refractivity contribution in [1.82, 2.24) is 0 Å². The fourth-order valence-electron chi connectivity index (χ4n) is 1.94. The van der Waals surface area contributed by atoms with Crippen molar-refractivity contribution in [3.63, 3.8) is 0 Å². The molecule has 0 radical (unpaired) electrons. The van der Waals surface area contributed by atoms with E-state index in [2.05, 4.69) is 13.2 Å². The second-order valence-electron chi connectivity index (χ2n) is 3.68. The molecule has 0 aliphatic heterocycles. The zero-order chi connectivity index (χ0) is 10.4. The van der Waals surface area contributed by atoms with Crippen LogP contribution in [-0.2, 0) is 4.79 Å². The Morgan fingerprint density at radius 2 is 2.00 bits per heavy atom. The number of rotatable bonds is 5. The summed E-state index contributed by atoms with van der Waals surface area (Å²) >= 11 is 0. The molecule has 0 heterocycles. The van der Waals surface area contributed by atoms with Crippen LogP contribution in [0.4, 0.5) is 0 Å².